The van der Waals surface area contributed by atoms with E-state index in [-0.39, 0.29) is 18.3 Å². The van der Waals surface area contributed by atoms with Gasteiger partial charge < -0.3 is 23.8 Å². The number of methoxy groups -OCH3 is 3. The molecule has 0 N–H and O–H groups in total. The van der Waals surface area contributed by atoms with Crippen LogP contribution < -0.4 is 0 Å². The van der Waals surface area contributed by atoms with E-state index >= 15 is 0 Å². The number of pyridine rings is 1. The second kappa shape index (κ2) is 10.1. The first-order chi connectivity index (χ1) is 14.1. The highest BCUT2D eigenvalue weighted by atomic mass is 35.5. The molecule has 0 aliphatic carbocycles. The second-order valence-corrected chi connectivity index (χ2v) is 7.03. The smallest absolute Gasteiger partial charge is 0.256 e. The summed E-state index contributed by atoms with van der Waals surface area (Å²) in [5, 5.41) is 4.54. The van der Waals surface area contributed by atoms with Crippen LogP contribution in [0.5, 0.6) is 0 Å². The first kappa shape index (κ1) is 21.7. The van der Waals surface area contributed by atoms with Crippen molar-refractivity contribution in [2.45, 2.75) is 37.6 Å². The lowest BCUT2D eigenvalue weighted by molar-refractivity contribution is -0.305. The summed E-state index contributed by atoms with van der Waals surface area (Å²) in [7, 11) is 4.80. The first-order valence-corrected chi connectivity index (χ1v) is 9.60. The van der Waals surface area contributed by atoms with Gasteiger partial charge in [-0.25, -0.2) is 4.98 Å². The predicted molar refractivity (Wildman–Crippen MR) is 110 cm³/mol. The van der Waals surface area contributed by atoms with Gasteiger partial charge in [-0.15, -0.1) is 0 Å². The van der Waals surface area contributed by atoms with Crippen molar-refractivity contribution in [2.24, 2.45) is 5.16 Å². The number of hydrogen-bond donors (Lipinski definition) is 0. The Hall–Kier alpha value is -2.03. The molecule has 1 fully saturated rings. The maximum atomic E-state index is 5.95. The molecule has 1 aromatic heterocycles. The second-order valence-electron chi connectivity index (χ2n) is 6.64. The topological polar surface area (TPSA) is 71.4 Å². The number of oxime groups is 1. The highest BCUT2D eigenvalue weighted by Crippen LogP contribution is 2.27. The summed E-state index contributed by atoms with van der Waals surface area (Å²) < 4.78 is 22.4. The Morgan fingerprint density at radius 2 is 1.66 bits per heavy atom. The molecule has 0 saturated carbocycles. The maximum Gasteiger partial charge on any atom is 0.256 e. The molecule has 29 heavy (non-hydrogen) atoms. The molecule has 8 heteroatoms. The lowest BCUT2D eigenvalue weighted by Crippen LogP contribution is -2.59. The molecule has 156 valence electrons. The molecule has 2 heterocycles. The van der Waals surface area contributed by atoms with Crippen molar-refractivity contribution < 1.29 is 23.8 Å². The van der Waals surface area contributed by atoms with Crippen molar-refractivity contribution in [3.05, 3.63) is 53.3 Å². The molecule has 1 aromatic carbocycles. The zero-order chi connectivity index (χ0) is 20.8. The first-order valence-electron chi connectivity index (χ1n) is 9.22. The molecular formula is C21H25ClN2O5. The van der Waals surface area contributed by atoms with E-state index in [2.05, 4.69) is 10.1 Å². The number of benzene rings is 1. The third kappa shape index (κ3) is 5.12. The van der Waals surface area contributed by atoms with E-state index in [0.29, 0.717) is 5.15 Å². The van der Waals surface area contributed by atoms with E-state index < -0.39 is 12.4 Å². The summed E-state index contributed by atoms with van der Waals surface area (Å²) in [6.07, 6.45) is 1.29. The van der Waals surface area contributed by atoms with Crippen molar-refractivity contribution in [2.75, 3.05) is 21.3 Å². The zero-order valence-electron chi connectivity index (χ0n) is 16.8. The zero-order valence-corrected chi connectivity index (χ0v) is 17.6. The normalized spacial score (nSPS) is 27.3. The molecule has 0 spiro atoms. The minimum absolute atomic E-state index is 0.233. The quantitative estimate of drug-likeness (QED) is 0.387. The average molecular weight is 421 g/mol. The third-order valence-electron chi connectivity index (χ3n) is 4.88. The van der Waals surface area contributed by atoms with Crippen LogP contribution in [0.15, 0.2) is 47.8 Å². The Labute approximate surface area is 175 Å². The molecule has 0 radical (unpaired) electrons. The molecule has 1 aliphatic heterocycles. The van der Waals surface area contributed by atoms with Crippen LogP contribution in [-0.4, -0.2) is 63.2 Å². The van der Waals surface area contributed by atoms with Gasteiger partial charge in [0.25, 0.3) is 6.29 Å². The summed E-state index contributed by atoms with van der Waals surface area (Å²) in [5.74, 6) is 0. The number of ether oxygens (including phenoxy) is 4. The van der Waals surface area contributed by atoms with Gasteiger partial charge in [0.05, 0.1) is 12.3 Å². The van der Waals surface area contributed by atoms with Crippen LogP contribution in [0, 0.1) is 0 Å². The van der Waals surface area contributed by atoms with E-state index in [4.69, 9.17) is 35.4 Å². The third-order valence-corrected chi connectivity index (χ3v) is 5.09. The fourth-order valence-corrected chi connectivity index (χ4v) is 3.57. The molecular weight excluding hydrogens is 396 g/mol. The van der Waals surface area contributed by atoms with Gasteiger partial charge in [-0.05, 0) is 35.7 Å². The summed E-state index contributed by atoms with van der Waals surface area (Å²) in [5.41, 5.74) is 2.91. The predicted octanol–water partition coefficient (Wildman–Crippen LogP) is 3.54. The molecule has 0 amide bonds. The average Bonchev–Trinajstić information content (AvgIpc) is 2.73. The summed E-state index contributed by atoms with van der Waals surface area (Å²) in [6.45, 7) is 1.90. The van der Waals surface area contributed by atoms with Crippen LogP contribution in [-0.2, 0) is 23.8 Å². The van der Waals surface area contributed by atoms with E-state index in [1.807, 2.05) is 43.3 Å². The van der Waals surface area contributed by atoms with Crippen molar-refractivity contribution >= 4 is 17.8 Å². The summed E-state index contributed by atoms with van der Waals surface area (Å²) in [6, 6.07) is 11.6. The number of rotatable bonds is 7. The summed E-state index contributed by atoms with van der Waals surface area (Å²) in [4.78, 5) is 9.57. The Morgan fingerprint density at radius 1 is 0.966 bits per heavy atom. The minimum atomic E-state index is -0.708. The fourth-order valence-electron chi connectivity index (χ4n) is 3.39. The fraction of sp³-hybridized carbons (Fsp3) is 0.429. The van der Waals surface area contributed by atoms with Crippen LogP contribution >= 0.6 is 11.6 Å². The molecule has 2 aromatic rings. The largest absolute Gasteiger partial charge is 0.376 e. The molecule has 5 atom stereocenters. The highest BCUT2D eigenvalue weighted by Gasteiger charge is 2.46. The molecule has 7 nitrogen and oxygen atoms in total. The van der Waals surface area contributed by atoms with Crippen LogP contribution in [0.3, 0.4) is 0 Å². The number of hydrogen-bond acceptors (Lipinski definition) is 7. The van der Waals surface area contributed by atoms with Gasteiger partial charge in [0, 0.05) is 27.5 Å². The Bertz CT molecular complexity index is 817. The van der Waals surface area contributed by atoms with Crippen LogP contribution in [0.4, 0.5) is 0 Å². The van der Waals surface area contributed by atoms with Crippen molar-refractivity contribution in [3.8, 4) is 11.1 Å². The number of aromatic nitrogens is 1. The number of nitrogens with zero attached hydrogens (tertiary/aromatic N) is 2. The van der Waals surface area contributed by atoms with E-state index in [0.717, 1.165) is 16.7 Å². The van der Waals surface area contributed by atoms with Crippen LogP contribution in [0.25, 0.3) is 11.1 Å². The lowest BCUT2D eigenvalue weighted by atomic mass is 9.99. The van der Waals surface area contributed by atoms with Crippen molar-refractivity contribution in [3.63, 3.8) is 0 Å². The van der Waals surface area contributed by atoms with Gasteiger partial charge in [-0.1, -0.05) is 41.0 Å². The lowest BCUT2D eigenvalue weighted by Gasteiger charge is -2.42. The molecule has 1 aliphatic rings. The van der Waals surface area contributed by atoms with Gasteiger partial charge in [0.1, 0.15) is 17.4 Å². The van der Waals surface area contributed by atoms with E-state index in [9.17, 15) is 0 Å². The SMILES string of the molecule is CO[C@@H]1[C@@H](OC)[C@H](C)O[C@@H](ON=Cc2ccc(-c3ccnc(Cl)c3)cc2)[C@@H]1OC. The van der Waals surface area contributed by atoms with Gasteiger partial charge in [-0.2, -0.15) is 0 Å². The Balaban J connectivity index is 1.65. The summed E-state index contributed by atoms with van der Waals surface area (Å²) >= 11 is 5.95. The van der Waals surface area contributed by atoms with E-state index in [1.165, 1.54) is 0 Å². The minimum Gasteiger partial charge on any atom is -0.376 e. The molecule has 0 bridgehead atoms. The number of halogens is 1. The van der Waals surface area contributed by atoms with Gasteiger partial charge in [-0.3, -0.25) is 0 Å². The van der Waals surface area contributed by atoms with Crippen LogP contribution in [0.2, 0.25) is 5.15 Å². The van der Waals surface area contributed by atoms with Crippen molar-refractivity contribution in [1.29, 1.82) is 0 Å². The molecule has 0 unspecified atom stereocenters. The monoisotopic (exact) mass is 420 g/mol. The Morgan fingerprint density at radius 3 is 2.28 bits per heavy atom. The highest BCUT2D eigenvalue weighted by molar-refractivity contribution is 6.29. The van der Waals surface area contributed by atoms with Gasteiger partial charge in [0.15, 0.2) is 6.10 Å². The standard InChI is InChI=1S/C21H25ClN2O5/c1-13-18(25-2)19(26-3)20(27-4)21(28-13)29-24-12-14-5-7-15(8-6-14)16-9-10-23-17(22)11-16/h5-13,18-21H,1-4H3/t13-,18-,19+,20+,21-/m0/s1. The molecule has 3 rings (SSSR count). The van der Waals surface area contributed by atoms with Gasteiger partial charge >= 0.3 is 0 Å². The van der Waals surface area contributed by atoms with Gasteiger partial charge in [0.2, 0.25) is 0 Å². The van der Waals surface area contributed by atoms with Crippen LogP contribution in [0.1, 0.15) is 12.5 Å². The Kier molecular flexibility index (Phi) is 7.57. The van der Waals surface area contributed by atoms with E-state index in [1.54, 1.807) is 33.7 Å². The maximum absolute atomic E-state index is 5.95. The molecule has 1 saturated heterocycles. The van der Waals surface area contributed by atoms with Crippen molar-refractivity contribution in [1.82, 2.24) is 4.98 Å².